The number of methoxy groups -OCH3 is 1. The Morgan fingerprint density at radius 1 is 1.57 bits per heavy atom. The molecule has 1 saturated heterocycles. The molecule has 2 heterocycles. The van der Waals surface area contributed by atoms with E-state index in [1.807, 2.05) is 18.5 Å². The summed E-state index contributed by atoms with van der Waals surface area (Å²) in [6.45, 7) is 7.05. The molecule has 21 heavy (non-hydrogen) atoms. The van der Waals surface area contributed by atoms with Crippen LogP contribution in [0.1, 0.15) is 43.2 Å². The molecule has 1 aromatic heterocycles. The molecule has 1 fully saturated rings. The fraction of sp³-hybridized carbons (Fsp3) is 0.786. The Labute approximate surface area is 125 Å². The van der Waals surface area contributed by atoms with Crippen LogP contribution in [0.5, 0.6) is 0 Å². The summed E-state index contributed by atoms with van der Waals surface area (Å²) in [4.78, 5) is 14.3. The Morgan fingerprint density at radius 2 is 2.29 bits per heavy atom. The maximum Gasteiger partial charge on any atom is 0.276 e. The topological polar surface area (TPSA) is 72.3 Å². The van der Waals surface area contributed by atoms with Crippen molar-refractivity contribution >= 4 is 5.91 Å². The van der Waals surface area contributed by atoms with E-state index in [0.29, 0.717) is 24.9 Å². The lowest BCUT2D eigenvalue weighted by molar-refractivity contribution is 0.0573. The lowest BCUT2D eigenvalue weighted by Crippen LogP contribution is -2.41. The van der Waals surface area contributed by atoms with E-state index in [1.165, 1.54) is 0 Å². The van der Waals surface area contributed by atoms with Crippen molar-refractivity contribution in [3.63, 3.8) is 0 Å². The predicted molar refractivity (Wildman–Crippen MR) is 79.2 cm³/mol. The molecular weight excluding hydrogens is 270 g/mol. The molecule has 0 aliphatic carbocycles. The first-order chi connectivity index (χ1) is 10.2. The molecule has 0 spiro atoms. The summed E-state index contributed by atoms with van der Waals surface area (Å²) in [5, 5.41) is 11.5. The van der Waals surface area contributed by atoms with Crippen molar-refractivity contribution in [3.05, 3.63) is 11.9 Å². The number of hydrogen-bond acceptors (Lipinski definition) is 5. The zero-order valence-electron chi connectivity index (χ0n) is 13.1. The Bertz CT molecular complexity index is 456. The van der Waals surface area contributed by atoms with Gasteiger partial charge in [0.05, 0.1) is 24.9 Å². The standard InChI is InChI=1S/C14H25N5O2/c1-4-18(11(2)10-21-3)14(20)13-9-19(17-16-13)12-5-7-15-8-6-12/h9,11-12,15H,4-8,10H2,1-3H3. The average Bonchev–Trinajstić information content (AvgIpc) is 2.99. The molecule has 0 saturated carbocycles. The number of aromatic nitrogens is 3. The normalized spacial score (nSPS) is 17.7. The summed E-state index contributed by atoms with van der Waals surface area (Å²) < 4.78 is 6.97. The van der Waals surface area contributed by atoms with E-state index in [0.717, 1.165) is 25.9 Å². The second-order valence-corrected chi connectivity index (χ2v) is 5.46. The number of carbonyl (C=O) groups is 1. The van der Waals surface area contributed by atoms with Crippen LogP contribution >= 0.6 is 0 Å². The minimum absolute atomic E-state index is 0.0246. The highest BCUT2D eigenvalue weighted by molar-refractivity contribution is 5.92. The molecule has 1 aromatic rings. The number of rotatable bonds is 6. The molecule has 1 unspecified atom stereocenters. The van der Waals surface area contributed by atoms with Crippen molar-refractivity contribution in [3.8, 4) is 0 Å². The molecule has 0 aromatic carbocycles. The second kappa shape index (κ2) is 7.51. The number of carbonyl (C=O) groups excluding carboxylic acids is 1. The third-order valence-electron chi connectivity index (χ3n) is 3.95. The number of nitrogens with zero attached hydrogens (tertiary/aromatic N) is 4. The van der Waals surface area contributed by atoms with E-state index in [4.69, 9.17) is 4.74 Å². The molecule has 7 nitrogen and oxygen atoms in total. The molecule has 1 aliphatic rings. The molecule has 1 aliphatic heterocycles. The first-order valence-electron chi connectivity index (χ1n) is 7.59. The van der Waals surface area contributed by atoms with Gasteiger partial charge in [0.1, 0.15) is 0 Å². The summed E-state index contributed by atoms with van der Waals surface area (Å²) in [5.74, 6) is -0.0813. The minimum Gasteiger partial charge on any atom is -0.383 e. The minimum atomic E-state index is -0.0813. The van der Waals surface area contributed by atoms with Crippen molar-refractivity contribution in [2.45, 2.75) is 38.8 Å². The predicted octanol–water partition coefficient (Wildman–Crippen LogP) is 0.700. The molecule has 118 valence electrons. The van der Waals surface area contributed by atoms with Crippen molar-refractivity contribution in [2.24, 2.45) is 0 Å². The highest BCUT2D eigenvalue weighted by Crippen LogP contribution is 2.17. The van der Waals surface area contributed by atoms with Gasteiger partial charge in [0.2, 0.25) is 0 Å². The maximum absolute atomic E-state index is 12.5. The number of ether oxygens (including phenoxy) is 1. The summed E-state index contributed by atoms with van der Waals surface area (Å²) in [6.07, 6.45) is 3.82. The molecular formula is C14H25N5O2. The lowest BCUT2D eigenvalue weighted by atomic mass is 10.1. The number of piperidine rings is 1. The summed E-state index contributed by atoms with van der Waals surface area (Å²) in [5.41, 5.74) is 0.415. The number of likely N-dealkylation sites (N-methyl/N-ethyl adjacent to an activating group) is 1. The molecule has 1 atom stereocenters. The quantitative estimate of drug-likeness (QED) is 0.836. The Balaban J connectivity index is 2.06. The van der Waals surface area contributed by atoms with Crippen LogP contribution in [-0.4, -0.2) is 65.2 Å². The molecule has 7 heteroatoms. The second-order valence-electron chi connectivity index (χ2n) is 5.46. The van der Waals surface area contributed by atoms with Gasteiger partial charge in [-0.2, -0.15) is 0 Å². The summed E-state index contributed by atoms with van der Waals surface area (Å²) in [6, 6.07) is 0.364. The van der Waals surface area contributed by atoms with Gasteiger partial charge in [0.15, 0.2) is 5.69 Å². The van der Waals surface area contributed by atoms with E-state index in [2.05, 4.69) is 15.6 Å². The van der Waals surface area contributed by atoms with Crippen LogP contribution in [0.4, 0.5) is 0 Å². The van der Waals surface area contributed by atoms with Gasteiger partial charge < -0.3 is 15.0 Å². The van der Waals surface area contributed by atoms with E-state index in [-0.39, 0.29) is 11.9 Å². The van der Waals surface area contributed by atoms with Crippen LogP contribution in [0.3, 0.4) is 0 Å². The van der Waals surface area contributed by atoms with E-state index in [1.54, 1.807) is 18.2 Å². The van der Waals surface area contributed by atoms with E-state index >= 15 is 0 Å². The number of amides is 1. The van der Waals surface area contributed by atoms with Crippen LogP contribution in [-0.2, 0) is 4.74 Å². The highest BCUT2D eigenvalue weighted by atomic mass is 16.5. The molecule has 1 amide bonds. The van der Waals surface area contributed by atoms with Crippen LogP contribution in [0.25, 0.3) is 0 Å². The SMILES string of the molecule is CCN(C(=O)c1cn(C2CCNCC2)nn1)C(C)COC. The van der Waals surface area contributed by atoms with Gasteiger partial charge in [-0.1, -0.05) is 5.21 Å². The third-order valence-corrected chi connectivity index (χ3v) is 3.95. The maximum atomic E-state index is 12.5. The van der Waals surface area contributed by atoms with E-state index in [9.17, 15) is 4.79 Å². The zero-order valence-corrected chi connectivity index (χ0v) is 13.1. The largest absolute Gasteiger partial charge is 0.383 e. The number of nitrogens with one attached hydrogen (secondary N) is 1. The van der Waals surface area contributed by atoms with Gasteiger partial charge in [0, 0.05) is 13.7 Å². The summed E-state index contributed by atoms with van der Waals surface area (Å²) in [7, 11) is 1.64. The Hall–Kier alpha value is -1.47. The van der Waals surface area contributed by atoms with Crippen LogP contribution in [0, 0.1) is 0 Å². The Kier molecular flexibility index (Phi) is 5.69. The van der Waals surface area contributed by atoms with E-state index < -0.39 is 0 Å². The molecule has 2 rings (SSSR count). The van der Waals surface area contributed by atoms with Crippen molar-refractivity contribution in [1.82, 2.24) is 25.2 Å². The first-order valence-corrected chi connectivity index (χ1v) is 7.59. The molecule has 0 bridgehead atoms. The fourth-order valence-corrected chi connectivity index (χ4v) is 2.76. The zero-order chi connectivity index (χ0) is 15.2. The van der Waals surface area contributed by atoms with Gasteiger partial charge in [0.25, 0.3) is 5.91 Å². The molecule has 0 radical (unpaired) electrons. The smallest absolute Gasteiger partial charge is 0.276 e. The third kappa shape index (κ3) is 3.79. The highest BCUT2D eigenvalue weighted by Gasteiger charge is 2.24. The fourth-order valence-electron chi connectivity index (χ4n) is 2.76. The molecule has 1 N–H and O–H groups in total. The van der Waals surface area contributed by atoms with Gasteiger partial charge >= 0.3 is 0 Å². The van der Waals surface area contributed by atoms with Gasteiger partial charge in [-0.3, -0.25) is 4.79 Å². The van der Waals surface area contributed by atoms with Crippen molar-refractivity contribution in [1.29, 1.82) is 0 Å². The van der Waals surface area contributed by atoms with Crippen molar-refractivity contribution in [2.75, 3.05) is 33.4 Å². The summed E-state index contributed by atoms with van der Waals surface area (Å²) >= 11 is 0. The first kappa shape index (κ1) is 15.9. The van der Waals surface area contributed by atoms with Gasteiger partial charge in [-0.25, -0.2) is 4.68 Å². The van der Waals surface area contributed by atoms with Crippen LogP contribution in [0.2, 0.25) is 0 Å². The average molecular weight is 295 g/mol. The van der Waals surface area contributed by atoms with Crippen molar-refractivity contribution < 1.29 is 9.53 Å². The van der Waals surface area contributed by atoms with Gasteiger partial charge in [-0.15, -0.1) is 5.10 Å². The lowest BCUT2D eigenvalue weighted by Gasteiger charge is -2.26. The monoisotopic (exact) mass is 295 g/mol. The van der Waals surface area contributed by atoms with Gasteiger partial charge in [-0.05, 0) is 39.8 Å². The Morgan fingerprint density at radius 3 is 2.90 bits per heavy atom. The van der Waals surface area contributed by atoms with Crippen LogP contribution < -0.4 is 5.32 Å². The number of hydrogen-bond donors (Lipinski definition) is 1. The van der Waals surface area contributed by atoms with Crippen LogP contribution in [0.15, 0.2) is 6.20 Å².